The van der Waals surface area contributed by atoms with Crippen LogP contribution in [-0.4, -0.2) is 96.7 Å². The van der Waals surface area contributed by atoms with Gasteiger partial charge in [0.05, 0.1) is 26.4 Å². The Labute approximate surface area is 632 Å². The highest BCUT2D eigenvalue weighted by Crippen LogP contribution is 2.45. The normalized spacial score (nSPS) is 14.1. The van der Waals surface area contributed by atoms with Gasteiger partial charge in [0.15, 0.2) is 12.2 Å². The maximum Gasteiger partial charge on any atom is 0.472 e. The summed E-state index contributed by atoms with van der Waals surface area (Å²) >= 11 is 0. The molecule has 0 aliphatic heterocycles. The second-order valence-corrected chi connectivity index (χ2v) is 33.4. The van der Waals surface area contributed by atoms with Crippen molar-refractivity contribution in [3.05, 3.63) is 0 Å². The summed E-state index contributed by atoms with van der Waals surface area (Å²) in [6.07, 6.45) is 69.4. The van der Waals surface area contributed by atoms with Crippen LogP contribution in [0.5, 0.6) is 0 Å². The Morgan fingerprint density at radius 1 is 0.272 bits per heavy atom. The first-order valence-electron chi connectivity index (χ1n) is 43.7. The number of phosphoric acid groups is 2. The zero-order valence-corrected chi connectivity index (χ0v) is 69.3. The molecule has 0 heterocycles. The largest absolute Gasteiger partial charge is 0.472 e. The number of aliphatic hydroxyl groups excluding tert-OH is 1. The van der Waals surface area contributed by atoms with Crippen molar-refractivity contribution in [1.82, 2.24) is 0 Å². The monoisotopic (exact) mass is 1510 g/mol. The van der Waals surface area contributed by atoms with E-state index in [2.05, 4.69) is 34.6 Å². The summed E-state index contributed by atoms with van der Waals surface area (Å²) < 4.78 is 68.8. The van der Waals surface area contributed by atoms with E-state index in [1.807, 2.05) is 0 Å². The zero-order chi connectivity index (χ0) is 75.5. The molecule has 0 aliphatic carbocycles. The third-order valence-electron chi connectivity index (χ3n) is 20.1. The average molecular weight is 1510 g/mol. The van der Waals surface area contributed by atoms with Crippen LogP contribution < -0.4 is 0 Å². The first-order valence-corrected chi connectivity index (χ1v) is 46.7. The van der Waals surface area contributed by atoms with E-state index in [0.29, 0.717) is 25.7 Å². The van der Waals surface area contributed by atoms with E-state index in [1.165, 1.54) is 276 Å². The predicted molar refractivity (Wildman–Crippen MR) is 423 cm³/mol. The van der Waals surface area contributed by atoms with E-state index in [9.17, 15) is 43.2 Å². The molecule has 0 rings (SSSR count). The average Bonchev–Trinajstić information content (AvgIpc) is 0.917. The van der Waals surface area contributed by atoms with Crippen molar-refractivity contribution >= 4 is 39.5 Å². The standard InChI is InChI=1S/C84H164O17P2/c1-6-10-13-16-19-22-25-28-30-32-33-34-35-36-38-40-42-45-48-54-59-64-69-83(88)100-79(73-94-82(87)68-63-58-53-47-44-41-39-37-31-29-26-23-20-17-14-11-7-2)75-98-102(90,91)96-71-78(85)72-97-103(92,93)99-76-80(101-84(89)70-65-60-55-50-49-51-56-61-66-77(5)9-4)74-95-81(86)67-62-57-52-46-43-27-24-21-18-15-12-8-3/h77-80,85H,6-76H2,1-5H3,(H,90,91)(H,92,93)/t77?,78-,79-,80-/m1/s1. The quantitative estimate of drug-likeness (QED) is 0.0222. The van der Waals surface area contributed by atoms with Crippen molar-refractivity contribution in [3.8, 4) is 0 Å². The van der Waals surface area contributed by atoms with Crippen molar-refractivity contribution in [2.75, 3.05) is 39.6 Å². The number of ether oxygens (including phenoxy) is 4. The van der Waals surface area contributed by atoms with Gasteiger partial charge >= 0.3 is 39.5 Å². The molecule has 0 aromatic carbocycles. The Hall–Kier alpha value is -1.94. The van der Waals surface area contributed by atoms with Crippen LogP contribution in [0, 0.1) is 5.92 Å². The molecule has 3 unspecified atom stereocenters. The lowest BCUT2D eigenvalue weighted by atomic mass is 9.99. The molecular weight excluding hydrogens is 1340 g/mol. The van der Waals surface area contributed by atoms with Crippen LogP contribution in [0.1, 0.15) is 452 Å². The second kappa shape index (κ2) is 76.8. The van der Waals surface area contributed by atoms with Crippen LogP contribution in [0.15, 0.2) is 0 Å². The molecule has 0 aromatic heterocycles. The van der Waals surface area contributed by atoms with E-state index >= 15 is 0 Å². The number of hydrogen-bond donors (Lipinski definition) is 3. The van der Waals surface area contributed by atoms with Crippen molar-refractivity contribution < 1.29 is 80.2 Å². The van der Waals surface area contributed by atoms with E-state index in [0.717, 1.165) is 95.8 Å². The van der Waals surface area contributed by atoms with Gasteiger partial charge in [0, 0.05) is 25.7 Å². The summed E-state index contributed by atoms with van der Waals surface area (Å²) in [6.45, 7) is 7.34. The smallest absolute Gasteiger partial charge is 0.462 e. The van der Waals surface area contributed by atoms with Crippen LogP contribution in [0.25, 0.3) is 0 Å². The molecule has 19 heteroatoms. The van der Waals surface area contributed by atoms with Crippen molar-refractivity contribution in [1.29, 1.82) is 0 Å². The van der Waals surface area contributed by atoms with Gasteiger partial charge in [0.2, 0.25) is 0 Å². The maximum atomic E-state index is 13.1. The highest BCUT2D eigenvalue weighted by atomic mass is 31.2. The number of rotatable bonds is 84. The fourth-order valence-corrected chi connectivity index (χ4v) is 14.7. The van der Waals surface area contributed by atoms with Crippen LogP contribution in [0.2, 0.25) is 0 Å². The molecule has 3 N–H and O–H groups in total. The third-order valence-corrected chi connectivity index (χ3v) is 22.0. The van der Waals surface area contributed by atoms with Crippen LogP contribution in [0.3, 0.4) is 0 Å². The summed E-state index contributed by atoms with van der Waals surface area (Å²) in [5, 5.41) is 10.7. The van der Waals surface area contributed by atoms with Gasteiger partial charge < -0.3 is 33.8 Å². The molecule has 103 heavy (non-hydrogen) atoms. The molecule has 0 aromatic rings. The third kappa shape index (κ3) is 76.6. The molecule has 612 valence electrons. The minimum atomic E-state index is -4.96. The second-order valence-electron chi connectivity index (χ2n) is 30.5. The summed E-state index contributed by atoms with van der Waals surface area (Å²) in [7, 11) is -9.92. The highest BCUT2D eigenvalue weighted by Gasteiger charge is 2.30. The summed E-state index contributed by atoms with van der Waals surface area (Å²) in [5.41, 5.74) is 0. The SMILES string of the molecule is CCCCCCCCCCCCCCCCCCCCCCCCC(=O)O[C@H](COC(=O)CCCCCCCCCCCCCCCCCCC)COP(=O)(O)OC[C@@H](O)COP(=O)(O)OC[C@@H](COC(=O)CCCCCCCCCCCCCC)OC(=O)CCCCCCCCCCC(C)CC. The van der Waals surface area contributed by atoms with Gasteiger partial charge in [-0.15, -0.1) is 0 Å². The number of esters is 4. The molecule has 0 radical (unpaired) electrons. The van der Waals surface area contributed by atoms with Gasteiger partial charge in [0.25, 0.3) is 0 Å². The van der Waals surface area contributed by atoms with Gasteiger partial charge in [0.1, 0.15) is 19.3 Å². The fraction of sp³-hybridized carbons (Fsp3) is 0.952. The first kappa shape index (κ1) is 101. The zero-order valence-electron chi connectivity index (χ0n) is 67.5. The summed E-state index contributed by atoms with van der Waals surface area (Å²) in [4.78, 5) is 73.1. The predicted octanol–water partition coefficient (Wildman–Crippen LogP) is 25.6. The minimum absolute atomic E-state index is 0.106. The lowest BCUT2D eigenvalue weighted by Crippen LogP contribution is -2.30. The number of unbranched alkanes of at least 4 members (excludes halogenated alkanes) is 55. The van der Waals surface area contributed by atoms with Crippen LogP contribution >= 0.6 is 15.6 Å². The van der Waals surface area contributed by atoms with Crippen LogP contribution in [-0.2, 0) is 65.4 Å². The topological polar surface area (TPSA) is 237 Å². The Kier molecular flexibility index (Phi) is 75.4. The molecule has 0 fully saturated rings. The fourth-order valence-electron chi connectivity index (χ4n) is 13.1. The molecule has 0 amide bonds. The van der Waals surface area contributed by atoms with E-state index in [1.54, 1.807) is 0 Å². The number of carbonyl (C=O) groups excluding carboxylic acids is 4. The Bertz CT molecular complexity index is 1960. The molecule has 0 aliphatic rings. The number of phosphoric ester groups is 2. The number of hydrogen-bond acceptors (Lipinski definition) is 15. The molecule has 6 atom stereocenters. The van der Waals surface area contributed by atoms with Crippen molar-refractivity contribution in [2.24, 2.45) is 5.92 Å². The van der Waals surface area contributed by atoms with Crippen LogP contribution in [0.4, 0.5) is 0 Å². The molecule has 0 spiro atoms. The van der Waals surface area contributed by atoms with Gasteiger partial charge in [-0.3, -0.25) is 37.3 Å². The van der Waals surface area contributed by atoms with Gasteiger partial charge in [-0.05, 0) is 31.6 Å². The minimum Gasteiger partial charge on any atom is -0.462 e. The molecule has 17 nitrogen and oxygen atoms in total. The van der Waals surface area contributed by atoms with Gasteiger partial charge in [-0.2, -0.15) is 0 Å². The summed E-state index contributed by atoms with van der Waals surface area (Å²) in [5.74, 6) is -1.33. The lowest BCUT2D eigenvalue weighted by Gasteiger charge is -2.21. The van der Waals surface area contributed by atoms with E-state index in [-0.39, 0.29) is 25.7 Å². The maximum absolute atomic E-state index is 13.1. The molecule has 0 saturated carbocycles. The molecule has 0 bridgehead atoms. The van der Waals surface area contributed by atoms with E-state index in [4.69, 9.17) is 37.0 Å². The number of carbonyl (C=O) groups is 4. The lowest BCUT2D eigenvalue weighted by molar-refractivity contribution is -0.161. The Morgan fingerprint density at radius 3 is 0.689 bits per heavy atom. The highest BCUT2D eigenvalue weighted by molar-refractivity contribution is 7.47. The Balaban J connectivity index is 5.22. The van der Waals surface area contributed by atoms with Gasteiger partial charge in [-0.1, -0.05) is 401 Å². The molecule has 0 saturated heterocycles. The van der Waals surface area contributed by atoms with Crippen molar-refractivity contribution in [3.63, 3.8) is 0 Å². The van der Waals surface area contributed by atoms with Crippen molar-refractivity contribution in [2.45, 2.75) is 470 Å². The number of aliphatic hydroxyl groups is 1. The molecular formula is C84H164O17P2. The van der Waals surface area contributed by atoms with E-state index < -0.39 is 97.5 Å². The Morgan fingerprint density at radius 2 is 0.466 bits per heavy atom. The summed E-state index contributed by atoms with van der Waals surface area (Å²) in [6, 6.07) is 0. The first-order chi connectivity index (χ1) is 50.1. The van der Waals surface area contributed by atoms with Gasteiger partial charge in [-0.25, -0.2) is 9.13 Å².